The smallest absolute Gasteiger partial charge is 0.227 e. The van der Waals surface area contributed by atoms with Crippen LogP contribution in [0.2, 0.25) is 0 Å². The van der Waals surface area contributed by atoms with E-state index in [0.717, 1.165) is 35.5 Å². The average Bonchev–Trinajstić information content (AvgIpc) is 2.91. The van der Waals surface area contributed by atoms with E-state index in [0.29, 0.717) is 13.0 Å². The van der Waals surface area contributed by atoms with Gasteiger partial charge in [-0.05, 0) is 30.7 Å². The number of hydrogen-bond acceptors (Lipinski definition) is 3. The highest BCUT2D eigenvalue weighted by Crippen LogP contribution is 2.31. The van der Waals surface area contributed by atoms with Crippen LogP contribution in [0.3, 0.4) is 0 Å². The van der Waals surface area contributed by atoms with Gasteiger partial charge in [-0.2, -0.15) is 0 Å². The van der Waals surface area contributed by atoms with Gasteiger partial charge in [-0.3, -0.25) is 4.79 Å². The molecule has 0 atom stereocenters. The highest BCUT2D eigenvalue weighted by molar-refractivity contribution is 5.96. The van der Waals surface area contributed by atoms with Gasteiger partial charge in [0.15, 0.2) is 0 Å². The molecule has 1 aliphatic rings. The number of rotatable bonds is 3. The Kier molecular flexibility index (Phi) is 3.28. The van der Waals surface area contributed by atoms with Crippen LogP contribution in [-0.4, -0.2) is 29.5 Å². The van der Waals surface area contributed by atoms with Crippen molar-refractivity contribution in [2.45, 2.75) is 19.3 Å². The minimum atomic E-state index is 0.175. The fraction of sp³-hybridized carbons (Fsp3) is 0.333. The van der Waals surface area contributed by atoms with Crippen LogP contribution in [0, 0.1) is 0 Å². The number of anilines is 1. The Morgan fingerprint density at radius 3 is 3.05 bits per heavy atom. The van der Waals surface area contributed by atoms with Crippen molar-refractivity contribution in [1.82, 2.24) is 9.97 Å². The lowest BCUT2D eigenvalue weighted by molar-refractivity contribution is -0.118. The van der Waals surface area contributed by atoms with Crippen LogP contribution in [-0.2, 0) is 17.6 Å². The lowest BCUT2D eigenvalue weighted by atomic mass is 9.97. The summed E-state index contributed by atoms with van der Waals surface area (Å²) in [6.45, 7) is 0.595. The standard InChI is InChI=1S/C15H18N4O/c1-19-13-4-2-11(8-10(13)3-5-14(19)20)15-12(6-7-16)17-9-18-15/h2,4,8-9H,3,5-7,16H2,1H3,(H,17,18). The molecule has 0 aliphatic carbocycles. The molecule has 0 unspecified atom stereocenters. The molecule has 0 spiro atoms. The topological polar surface area (TPSA) is 75.0 Å². The van der Waals surface area contributed by atoms with Crippen LogP contribution >= 0.6 is 0 Å². The van der Waals surface area contributed by atoms with E-state index >= 15 is 0 Å². The van der Waals surface area contributed by atoms with Gasteiger partial charge in [-0.1, -0.05) is 6.07 Å². The number of carbonyl (C=O) groups is 1. The molecule has 1 aromatic heterocycles. The zero-order valence-electron chi connectivity index (χ0n) is 11.5. The summed E-state index contributed by atoms with van der Waals surface area (Å²) < 4.78 is 0. The van der Waals surface area contributed by atoms with E-state index in [1.165, 1.54) is 5.56 Å². The van der Waals surface area contributed by atoms with Crippen LogP contribution in [0.1, 0.15) is 17.7 Å². The molecule has 3 rings (SSSR count). The van der Waals surface area contributed by atoms with Crippen molar-refractivity contribution >= 4 is 11.6 Å². The maximum absolute atomic E-state index is 11.7. The Morgan fingerprint density at radius 2 is 2.25 bits per heavy atom. The average molecular weight is 270 g/mol. The molecule has 1 amide bonds. The number of H-pyrrole nitrogens is 1. The molecule has 3 N–H and O–H groups in total. The largest absolute Gasteiger partial charge is 0.348 e. The third-order valence-corrected chi connectivity index (χ3v) is 3.81. The van der Waals surface area contributed by atoms with Gasteiger partial charge in [-0.15, -0.1) is 0 Å². The van der Waals surface area contributed by atoms with E-state index < -0.39 is 0 Å². The van der Waals surface area contributed by atoms with Gasteiger partial charge in [0.05, 0.1) is 12.0 Å². The Hall–Kier alpha value is -2.14. The number of fused-ring (bicyclic) bond motifs is 1. The van der Waals surface area contributed by atoms with Crippen molar-refractivity contribution in [2.75, 3.05) is 18.5 Å². The Balaban J connectivity index is 2.00. The first-order valence-electron chi connectivity index (χ1n) is 6.83. The number of carbonyl (C=O) groups excluding carboxylic acids is 1. The molecule has 0 bridgehead atoms. The monoisotopic (exact) mass is 270 g/mol. The van der Waals surface area contributed by atoms with Gasteiger partial charge in [0, 0.05) is 36.8 Å². The Bertz CT molecular complexity index is 647. The number of amides is 1. The van der Waals surface area contributed by atoms with Crippen molar-refractivity contribution < 1.29 is 4.79 Å². The lowest BCUT2D eigenvalue weighted by Crippen LogP contribution is -2.30. The molecule has 104 valence electrons. The quantitative estimate of drug-likeness (QED) is 0.887. The van der Waals surface area contributed by atoms with Crippen LogP contribution in [0.4, 0.5) is 5.69 Å². The zero-order chi connectivity index (χ0) is 14.1. The number of aromatic amines is 1. The molecule has 5 heteroatoms. The number of nitrogens with two attached hydrogens (primary N) is 1. The van der Waals surface area contributed by atoms with Crippen LogP contribution in [0.15, 0.2) is 24.5 Å². The predicted octanol–water partition coefficient (Wildman–Crippen LogP) is 1.49. The van der Waals surface area contributed by atoms with Crippen LogP contribution in [0.25, 0.3) is 11.3 Å². The summed E-state index contributed by atoms with van der Waals surface area (Å²) in [7, 11) is 1.83. The molecule has 0 saturated carbocycles. The number of imidazole rings is 1. The molecule has 2 aromatic rings. The SMILES string of the molecule is CN1C(=O)CCc2cc(-c3nc[nH]c3CCN)ccc21. The molecule has 1 aliphatic heterocycles. The van der Waals surface area contributed by atoms with Gasteiger partial charge >= 0.3 is 0 Å². The van der Waals surface area contributed by atoms with E-state index in [-0.39, 0.29) is 5.91 Å². The molecule has 1 aromatic carbocycles. The first-order chi connectivity index (χ1) is 9.70. The number of benzene rings is 1. The van der Waals surface area contributed by atoms with Gasteiger partial charge in [0.1, 0.15) is 0 Å². The molecule has 5 nitrogen and oxygen atoms in total. The Labute approximate surface area is 117 Å². The van der Waals surface area contributed by atoms with Crippen molar-refractivity contribution in [3.8, 4) is 11.3 Å². The summed E-state index contributed by atoms with van der Waals surface area (Å²) in [5.41, 5.74) is 10.9. The highest BCUT2D eigenvalue weighted by Gasteiger charge is 2.21. The minimum absolute atomic E-state index is 0.175. The molecule has 20 heavy (non-hydrogen) atoms. The molecule has 2 heterocycles. The molecule has 0 radical (unpaired) electrons. The maximum atomic E-state index is 11.7. The van der Waals surface area contributed by atoms with Crippen molar-refractivity contribution in [3.63, 3.8) is 0 Å². The fourth-order valence-electron chi connectivity index (χ4n) is 2.71. The second-order valence-corrected chi connectivity index (χ2v) is 5.06. The number of aryl methyl sites for hydroxylation is 1. The molecule has 0 fully saturated rings. The van der Waals surface area contributed by atoms with Crippen LogP contribution < -0.4 is 10.6 Å². The van der Waals surface area contributed by atoms with Gasteiger partial charge < -0.3 is 15.6 Å². The van der Waals surface area contributed by atoms with Gasteiger partial charge in [-0.25, -0.2) is 4.98 Å². The first kappa shape index (κ1) is 12.9. The second-order valence-electron chi connectivity index (χ2n) is 5.06. The summed E-state index contributed by atoms with van der Waals surface area (Å²) in [5, 5.41) is 0. The molecular weight excluding hydrogens is 252 g/mol. The maximum Gasteiger partial charge on any atom is 0.227 e. The van der Waals surface area contributed by atoms with Crippen molar-refractivity contribution in [1.29, 1.82) is 0 Å². The third-order valence-electron chi connectivity index (χ3n) is 3.81. The number of nitrogens with zero attached hydrogens (tertiary/aromatic N) is 2. The van der Waals surface area contributed by atoms with E-state index in [4.69, 9.17) is 5.73 Å². The summed E-state index contributed by atoms with van der Waals surface area (Å²) in [4.78, 5) is 21.0. The van der Waals surface area contributed by atoms with E-state index in [1.807, 2.05) is 19.2 Å². The summed E-state index contributed by atoms with van der Waals surface area (Å²) in [6.07, 6.45) is 3.85. The summed E-state index contributed by atoms with van der Waals surface area (Å²) in [6, 6.07) is 6.15. The summed E-state index contributed by atoms with van der Waals surface area (Å²) in [5.74, 6) is 0.175. The fourth-order valence-corrected chi connectivity index (χ4v) is 2.71. The van der Waals surface area contributed by atoms with E-state index in [9.17, 15) is 4.79 Å². The third kappa shape index (κ3) is 2.10. The first-order valence-corrected chi connectivity index (χ1v) is 6.83. The highest BCUT2D eigenvalue weighted by atomic mass is 16.2. The van der Waals surface area contributed by atoms with E-state index in [2.05, 4.69) is 16.0 Å². The van der Waals surface area contributed by atoms with E-state index in [1.54, 1.807) is 11.2 Å². The molecular formula is C15H18N4O. The summed E-state index contributed by atoms with van der Waals surface area (Å²) >= 11 is 0. The minimum Gasteiger partial charge on any atom is -0.348 e. The van der Waals surface area contributed by atoms with Crippen molar-refractivity contribution in [2.24, 2.45) is 5.73 Å². The second kappa shape index (κ2) is 5.09. The predicted molar refractivity (Wildman–Crippen MR) is 78.5 cm³/mol. The number of aromatic nitrogens is 2. The lowest BCUT2D eigenvalue weighted by Gasteiger charge is -2.26. The van der Waals surface area contributed by atoms with Crippen LogP contribution in [0.5, 0.6) is 0 Å². The number of nitrogens with one attached hydrogen (secondary N) is 1. The molecule has 0 saturated heterocycles. The Morgan fingerprint density at radius 1 is 1.40 bits per heavy atom. The normalized spacial score (nSPS) is 14.5. The van der Waals surface area contributed by atoms with Crippen molar-refractivity contribution in [3.05, 3.63) is 35.8 Å². The van der Waals surface area contributed by atoms with Gasteiger partial charge in [0.2, 0.25) is 5.91 Å². The zero-order valence-corrected chi connectivity index (χ0v) is 11.5. The number of hydrogen-bond donors (Lipinski definition) is 2. The van der Waals surface area contributed by atoms with Gasteiger partial charge in [0.25, 0.3) is 0 Å².